The summed E-state index contributed by atoms with van der Waals surface area (Å²) in [6, 6.07) is 7.47. The van der Waals surface area contributed by atoms with Crippen molar-refractivity contribution >= 4 is 10.0 Å². The van der Waals surface area contributed by atoms with E-state index in [1.165, 1.54) is 10.7 Å². The van der Waals surface area contributed by atoms with Crippen LogP contribution in [0.15, 0.2) is 29.2 Å². The molecule has 0 bridgehead atoms. The molecular formula is C16H26N2O2S. The van der Waals surface area contributed by atoms with Gasteiger partial charge in [0.25, 0.3) is 0 Å². The van der Waals surface area contributed by atoms with Crippen molar-refractivity contribution in [2.24, 2.45) is 5.92 Å². The summed E-state index contributed by atoms with van der Waals surface area (Å²) in [6.45, 7) is 5.67. The molecule has 5 heteroatoms. The summed E-state index contributed by atoms with van der Waals surface area (Å²) in [7, 11) is -1.67. The van der Waals surface area contributed by atoms with Gasteiger partial charge in [-0.3, -0.25) is 0 Å². The first-order valence-corrected chi connectivity index (χ1v) is 9.19. The quantitative estimate of drug-likeness (QED) is 0.842. The number of nitrogens with one attached hydrogen (secondary N) is 1. The summed E-state index contributed by atoms with van der Waals surface area (Å²) in [5, 5.41) is 3.32. The van der Waals surface area contributed by atoms with Crippen molar-refractivity contribution in [1.82, 2.24) is 9.62 Å². The van der Waals surface area contributed by atoms with Gasteiger partial charge in [0.05, 0.1) is 4.90 Å². The van der Waals surface area contributed by atoms with E-state index in [0.717, 1.165) is 24.9 Å². The Kier molecular flexibility index (Phi) is 5.41. The van der Waals surface area contributed by atoms with E-state index in [1.54, 1.807) is 19.2 Å². The van der Waals surface area contributed by atoms with Gasteiger partial charge < -0.3 is 5.32 Å². The fourth-order valence-corrected chi connectivity index (χ4v) is 3.92. The van der Waals surface area contributed by atoms with Gasteiger partial charge in [-0.1, -0.05) is 25.5 Å². The molecule has 0 saturated heterocycles. The van der Waals surface area contributed by atoms with Crippen LogP contribution in [0, 0.1) is 5.92 Å². The molecule has 0 aliphatic heterocycles. The fourth-order valence-electron chi connectivity index (χ4n) is 2.67. The average Bonchev–Trinajstić information content (AvgIpc) is 2.43. The maximum Gasteiger partial charge on any atom is 0.242 e. The molecule has 1 saturated carbocycles. The standard InChI is InChI=1S/C16H26N2O2S/c1-4-17-13(2)15-8-10-16(11-9-15)21(19,20)18(3)12-14-6-5-7-14/h8-11,13-14,17H,4-7,12H2,1-3H3. The number of hydrogen-bond donors (Lipinski definition) is 1. The number of sulfonamides is 1. The third-order valence-corrected chi connectivity index (χ3v) is 6.18. The highest BCUT2D eigenvalue weighted by Gasteiger charge is 2.26. The second-order valence-electron chi connectivity index (χ2n) is 5.93. The van der Waals surface area contributed by atoms with Gasteiger partial charge in [0.2, 0.25) is 10.0 Å². The Labute approximate surface area is 128 Å². The predicted octanol–water partition coefficient (Wildman–Crippen LogP) is 2.78. The Bertz CT molecular complexity index is 550. The smallest absolute Gasteiger partial charge is 0.242 e. The molecule has 0 amide bonds. The maximum absolute atomic E-state index is 12.5. The first kappa shape index (κ1) is 16.5. The SMILES string of the molecule is CCNC(C)c1ccc(S(=O)(=O)N(C)CC2CCC2)cc1. The van der Waals surface area contributed by atoms with Gasteiger partial charge in [0.15, 0.2) is 0 Å². The van der Waals surface area contributed by atoms with Crippen molar-refractivity contribution in [3.8, 4) is 0 Å². The van der Waals surface area contributed by atoms with Gasteiger partial charge in [0.1, 0.15) is 0 Å². The molecule has 0 radical (unpaired) electrons. The van der Waals surface area contributed by atoms with Crippen molar-refractivity contribution < 1.29 is 8.42 Å². The normalized spacial score (nSPS) is 17.7. The minimum Gasteiger partial charge on any atom is -0.310 e. The summed E-state index contributed by atoms with van der Waals surface area (Å²) in [6.07, 6.45) is 3.54. The molecule has 4 nitrogen and oxygen atoms in total. The van der Waals surface area contributed by atoms with Gasteiger partial charge in [-0.2, -0.15) is 0 Å². The Hall–Kier alpha value is -0.910. The first-order chi connectivity index (χ1) is 9.95. The monoisotopic (exact) mass is 310 g/mol. The molecule has 0 heterocycles. The maximum atomic E-state index is 12.5. The zero-order valence-electron chi connectivity index (χ0n) is 13.2. The second kappa shape index (κ2) is 6.90. The highest BCUT2D eigenvalue weighted by atomic mass is 32.2. The van der Waals surface area contributed by atoms with Crippen LogP contribution in [0.3, 0.4) is 0 Å². The van der Waals surface area contributed by atoms with Gasteiger partial charge in [-0.05, 0) is 49.9 Å². The van der Waals surface area contributed by atoms with Gasteiger partial charge >= 0.3 is 0 Å². The van der Waals surface area contributed by atoms with E-state index in [0.29, 0.717) is 17.4 Å². The molecule has 1 aromatic carbocycles. The van der Waals surface area contributed by atoms with Crippen molar-refractivity contribution in [2.75, 3.05) is 20.1 Å². The molecule has 0 aromatic heterocycles. The molecule has 1 atom stereocenters. The summed E-state index contributed by atoms with van der Waals surface area (Å²) >= 11 is 0. The first-order valence-electron chi connectivity index (χ1n) is 7.74. The second-order valence-corrected chi connectivity index (χ2v) is 7.98. The lowest BCUT2D eigenvalue weighted by molar-refractivity contribution is 0.263. The third-order valence-electron chi connectivity index (χ3n) is 4.34. The molecule has 21 heavy (non-hydrogen) atoms. The lowest BCUT2D eigenvalue weighted by atomic mass is 9.86. The molecule has 1 N–H and O–H groups in total. The molecule has 1 aliphatic rings. The van der Waals surface area contributed by atoms with Crippen molar-refractivity contribution in [2.45, 2.75) is 44.0 Å². The van der Waals surface area contributed by atoms with Crippen LogP contribution in [0.4, 0.5) is 0 Å². The van der Waals surface area contributed by atoms with Crippen LogP contribution in [-0.2, 0) is 10.0 Å². The van der Waals surface area contributed by atoms with E-state index in [-0.39, 0.29) is 6.04 Å². The Morgan fingerprint density at radius 2 is 1.90 bits per heavy atom. The number of nitrogens with zero attached hydrogens (tertiary/aromatic N) is 1. The third kappa shape index (κ3) is 3.84. The van der Waals surface area contributed by atoms with Gasteiger partial charge in [-0.25, -0.2) is 12.7 Å². The fraction of sp³-hybridized carbons (Fsp3) is 0.625. The number of rotatable bonds is 7. The molecule has 118 valence electrons. The average molecular weight is 310 g/mol. The van der Waals surface area contributed by atoms with Crippen LogP contribution in [-0.4, -0.2) is 32.9 Å². The van der Waals surface area contributed by atoms with E-state index in [4.69, 9.17) is 0 Å². The van der Waals surface area contributed by atoms with E-state index < -0.39 is 10.0 Å². The van der Waals surface area contributed by atoms with Crippen LogP contribution >= 0.6 is 0 Å². The minimum absolute atomic E-state index is 0.236. The largest absolute Gasteiger partial charge is 0.310 e. The van der Waals surface area contributed by atoms with E-state index in [9.17, 15) is 8.42 Å². The molecule has 1 aliphatic carbocycles. The molecule has 0 spiro atoms. The van der Waals surface area contributed by atoms with Crippen LogP contribution in [0.25, 0.3) is 0 Å². The molecule has 1 aromatic rings. The van der Waals surface area contributed by atoms with E-state index in [2.05, 4.69) is 19.2 Å². The zero-order chi connectivity index (χ0) is 15.5. The molecule has 1 fully saturated rings. The highest BCUT2D eigenvalue weighted by molar-refractivity contribution is 7.89. The molecular weight excluding hydrogens is 284 g/mol. The Balaban J connectivity index is 2.08. The predicted molar refractivity (Wildman–Crippen MR) is 85.7 cm³/mol. The Morgan fingerprint density at radius 3 is 2.38 bits per heavy atom. The number of benzene rings is 1. The summed E-state index contributed by atoms with van der Waals surface area (Å²) in [4.78, 5) is 0.386. The van der Waals surface area contributed by atoms with Gasteiger partial charge in [0, 0.05) is 19.6 Å². The van der Waals surface area contributed by atoms with E-state index in [1.807, 2.05) is 12.1 Å². The summed E-state index contributed by atoms with van der Waals surface area (Å²) in [5.74, 6) is 0.540. The van der Waals surface area contributed by atoms with Gasteiger partial charge in [-0.15, -0.1) is 0 Å². The zero-order valence-corrected chi connectivity index (χ0v) is 14.0. The van der Waals surface area contributed by atoms with Crippen LogP contribution in [0.5, 0.6) is 0 Å². The minimum atomic E-state index is -3.35. The van der Waals surface area contributed by atoms with Crippen molar-refractivity contribution in [3.63, 3.8) is 0 Å². The lowest BCUT2D eigenvalue weighted by Gasteiger charge is -2.29. The summed E-state index contributed by atoms with van der Waals surface area (Å²) < 4.78 is 26.5. The Morgan fingerprint density at radius 1 is 1.29 bits per heavy atom. The molecule has 2 rings (SSSR count). The summed E-state index contributed by atoms with van der Waals surface area (Å²) in [5.41, 5.74) is 1.11. The van der Waals surface area contributed by atoms with Crippen molar-refractivity contribution in [1.29, 1.82) is 0 Å². The number of hydrogen-bond acceptors (Lipinski definition) is 3. The van der Waals surface area contributed by atoms with Crippen LogP contribution < -0.4 is 5.32 Å². The molecule has 1 unspecified atom stereocenters. The highest BCUT2D eigenvalue weighted by Crippen LogP contribution is 2.28. The van der Waals surface area contributed by atoms with E-state index >= 15 is 0 Å². The topological polar surface area (TPSA) is 49.4 Å². The van der Waals surface area contributed by atoms with Crippen LogP contribution in [0.1, 0.15) is 44.7 Å². The lowest BCUT2D eigenvalue weighted by Crippen LogP contribution is -2.34. The van der Waals surface area contributed by atoms with Crippen molar-refractivity contribution in [3.05, 3.63) is 29.8 Å². The van der Waals surface area contributed by atoms with Crippen LogP contribution in [0.2, 0.25) is 0 Å².